The number of carboxylic acid groups (broad SMARTS) is 1. The van der Waals surface area contributed by atoms with Crippen molar-refractivity contribution < 1.29 is 19.5 Å². The van der Waals surface area contributed by atoms with Gasteiger partial charge in [-0.25, -0.2) is 0 Å². The van der Waals surface area contributed by atoms with Crippen LogP contribution >= 0.6 is 0 Å². The van der Waals surface area contributed by atoms with Gasteiger partial charge in [-0.05, 0) is 13.3 Å². The number of nitrogens with one attached hydrogen (secondary N) is 1. The fourth-order valence-electron chi connectivity index (χ4n) is 1.68. The van der Waals surface area contributed by atoms with Crippen molar-refractivity contribution in [2.45, 2.75) is 32.2 Å². The summed E-state index contributed by atoms with van der Waals surface area (Å²) in [5, 5.41) is 11.1. The second kappa shape index (κ2) is 5.48. The van der Waals surface area contributed by atoms with Gasteiger partial charge in [0.15, 0.2) is 0 Å². The van der Waals surface area contributed by atoms with Crippen LogP contribution in [0.15, 0.2) is 0 Å². The zero-order chi connectivity index (χ0) is 12.1. The van der Waals surface area contributed by atoms with Crippen molar-refractivity contribution in [3.8, 4) is 0 Å². The maximum absolute atomic E-state index is 11.4. The number of hydrogen-bond acceptors (Lipinski definition) is 3. The Morgan fingerprint density at radius 1 is 1.56 bits per heavy atom. The summed E-state index contributed by atoms with van der Waals surface area (Å²) in [7, 11) is 0. The molecule has 1 unspecified atom stereocenters. The Morgan fingerprint density at radius 3 is 2.75 bits per heavy atom. The van der Waals surface area contributed by atoms with Crippen LogP contribution < -0.4 is 5.32 Å². The number of amides is 2. The summed E-state index contributed by atoms with van der Waals surface area (Å²) in [4.78, 5) is 34.5. The van der Waals surface area contributed by atoms with Crippen molar-refractivity contribution in [1.29, 1.82) is 0 Å². The molecule has 0 aromatic heterocycles. The Hall–Kier alpha value is -1.59. The average molecular weight is 228 g/mol. The molecule has 1 rings (SSSR count). The summed E-state index contributed by atoms with van der Waals surface area (Å²) in [6, 6.07) is -0.414. The number of hydrogen-bond donors (Lipinski definition) is 2. The first-order chi connectivity index (χ1) is 7.49. The summed E-state index contributed by atoms with van der Waals surface area (Å²) in [5.41, 5.74) is 0. The average Bonchev–Trinajstić information content (AvgIpc) is 2.49. The summed E-state index contributed by atoms with van der Waals surface area (Å²) in [6.07, 6.45) is 1.18. The Morgan fingerprint density at radius 2 is 2.25 bits per heavy atom. The van der Waals surface area contributed by atoms with E-state index in [1.807, 2.05) is 0 Å². The Balaban J connectivity index is 2.30. The fourth-order valence-corrected chi connectivity index (χ4v) is 1.68. The molecule has 16 heavy (non-hydrogen) atoms. The number of rotatable bonds is 5. The monoisotopic (exact) mass is 228 g/mol. The predicted octanol–water partition coefficient (Wildman–Crippen LogP) is -0.412. The lowest BCUT2D eigenvalue weighted by Crippen LogP contribution is -2.42. The van der Waals surface area contributed by atoms with E-state index in [9.17, 15) is 14.4 Å². The second-order valence-corrected chi connectivity index (χ2v) is 3.99. The summed E-state index contributed by atoms with van der Waals surface area (Å²) in [6.45, 7) is 2.26. The van der Waals surface area contributed by atoms with Gasteiger partial charge in [0.1, 0.15) is 0 Å². The highest BCUT2D eigenvalue weighted by Crippen LogP contribution is 2.08. The van der Waals surface area contributed by atoms with Gasteiger partial charge < -0.3 is 15.3 Å². The molecule has 1 saturated heterocycles. The molecule has 2 amide bonds. The standard InChI is InChI=1S/C10H16N2O4/c1-7(5-10(15)16)11-8(13)6-12-4-2-3-9(12)14/h7H,2-6H2,1H3,(H,11,13)(H,15,16). The third kappa shape index (κ3) is 3.88. The third-order valence-electron chi connectivity index (χ3n) is 2.39. The van der Waals surface area contributed by atoms with Crippen LogP contribution in [0.5, 0.6) is 0 Å². The molecule has 0 aromatic rings. The first-order valence-electron chi connectivity index (χ1n) is 5.28. The number of carbonyl (C=O) groups excluding carboxylic acids is 2. The largest absolute Gasteiger partial charge is 0.481 e. The maximum Gasteiger partial charge on any atom is 0.305 e. The van der Waals surface area contributed by atoms with Crippen LogP contribution in [0.4, 0.5) is 0 Å². The quantitative estimate of drug-likeness (QED) is 0.669. The van der Waals surface area contributed by atoms with Crippen LogP contribution in [0.3, 0.4) is 0 Å². The van der Waals surface area contributed by atoms with E-state index in [2.05, 4.69) is 5.32 Å². The van der Waals surface area contributed by atoms with Crippen LogP contribution in [0, 0.1) is 0 Å². The topological polar surface area (TPSA) is 86.7 Å². The van der Waals surface area contributed by atoms with Gasteiger partial charge in [-0.3, -0.25) is 14.4 Å². The molecule has 6 heteroatoms. The van der Waals surface area contributed by atoms with Crippen LogP contribution in [0.1, 0.15) is 26.2 Å². The van der Waals surface area contributed by atoms with Gasteiger partial charge in [-0.15, -0.1) is 0 Å². The van der Waals surface area contributed by atoms with Gasteiger partial charge in [0.25, 0.3) is 0 Å². The Kier molecular flexibility index (Phi) is 4.28. The van der Waals surface area contributed by atoms with E-state index in [4.69, 9.17) is 5.11 Å². The molecule has 1 atom stereocenters. The van der Waals surface area contributed by atoms with Gasteiger partial charge >= 0.3 is 5.97 Å². The minimum absolute atomic E-state index is 0.0129. The van der Waals surface area contributed by atoms with Crippen LogP contribution in [-0.4, -0.2) is 46.9 Å². The first kappa shape index (κ1) is 12.5. The van der Waals surface area contributed by atoms with E-state index < -0.39 is 12.0 Å². The van der Waals surface area contributed by atoms with E-state index >= 15 is 0 Å². The minimum Gasteiger partial charge on any atom is -0.481 e. The number of nitrogens with zero attached hydrogens (tertiary/aromatic N) is 1. The molecule has 1 fully saturated rings. The zero-order valence-electron chi connectivity index (χ0n) is 9.23. The molecule has 0 aromatic carbocycles. The number of aliphatic carboxylic acids is 1. The van der Waals surface area contributed by atoms with Crippen molar-refractivity contribution in [3.05, 3.63) is 0 Å². The Labute approximate surface area is 93.6 Å². The van der Waals surface area contributed by atoms with Crippen molar-refractivity contribution >= 4 is 17.8 Å². The van der Waals surface area contributed by atoms with E-state index in [1.165, 1.54) is 4.90 Å². The van der Waals surface area contributed by atoms with Gasteiger partial charge in [0.05, 0.1) is 13.0 Å². The van der Waals surface area contributed by atoms with Crippen molar-refractivity contribution in [3.63, 3.8) is 0 Å². The number of carbonyl (C=O) groups is 3. The fraction of sp³-hybridized carbons (Fsp3) is 0.700. The van der Waals surface area contributed by atoms with Crippen molar-refractivity contribution in [2.75, 3.05) is 13.1 Å². The lowest BCUT2D eigenvalue weighted by Gasteiger charge is -2.17. The first-order valence-corrected chi connectivity index (χ1v) is 5.28. The van der Waals surface area contributed by atoms with Crippen LogP contribution in [0.2, 0.25) is 0 Å². The van der Waals surface area contributed by atoms with Crippen molar-refractivity contribution in [2.24, 2.45) is 0 Å². The normalized spacial score (nSPS) is 17.3. The molecule has 0 aliphatic carbocycles. The molecule has 6 nitrogen and oxygen atoms in total. The van der Waals surface area contributed by atoms with E-state index in [0.29, 0.717) is 13.0 Å². The molecular formula is C10H16N2O4. The maximum atomic E-state index is 11.4. The molecule has 0 bridgehead atoms. The van der Waals surface area contributed by atoms with Gasteiger partial charge in [0, 0.05) is 19.0 Å². The smallest absolute Gasteiger partial charge is 0.305 e. The molecule has 90 valence electrons. The zero-order valence-corrected chi connectivity index (χ0v) is 9.23. The van der Waals surface area contributed by atoms with E-state index in [0.717, 1.165) is 6.42 Å². The lowest BCUT2D eigenvalue weighted by atomic mass is 10.2. The van der Waals surface area contributed by atoms with Gasteiger partial charge in [-0.1, -0.05) is 0 Å². The molecule has 0 spiro atoms. The molecule has 1 aliphatic rings. The SMILES string of the molecule is CC(CC(=O)O)NC(=O)CN1CCCC1=O. The lowest BCUT2D eigenvalue weighted by molar-refractivity contribution is -0.138. The highest BCUT2D eigenvalue weighted by atomic mass is 16.4. The molecule has 1 aliphatic heterocycles. The third-order valence-corrected chi connectivity index (χ3v) is 2.39. The molecule has 1 heterocycles. The van der Waals surface area contributed by atoms with Gasteiger partial charge in [0.2, 0.25) is 11.8 Å². The number of likely N-dealkylation sites (tertiary alicyclic amines) is 1. The molecule has 2 N–H and O–H groups in total. The van der Waals surface area contributed by atoms with Gasteiger partial charge in [-0.2, -0.15) is 0 Å². The van der Waals surface area contributed by atoms with Crippen molar-refractivity contribution in [1.82, 2.24) is 10.2 Å². The minimum atomic E-state index is -0.954. The summed E-state index contributed by atoms with van der Waals surface area (Å²) >= 11 is 0. The second-order valence-electron chi connectivity index (χ2n) is 3.99. The molecule has 0 saturated carbocycles. The summed E-state index contributed by atoms with van der Waals surface area (Å²) < 4.78 is 0. The molecule has 0 radical (unpaired) electrons. The highest BCUT2D eigenvalue weighted by molar-refractivity contribution is 5.86. The van der Waals surface area contributed by atoms with E-state index in [-0.39, 0.29) is 24.8 Å². The Bertz CT molecular complexity index is 303. The predicted molar refractivity (Wildman–Crippen MR) is 55.7 cm³/mol. The number of carboxylic acids is 1. The molecular weight excluding hydrogens is 212 g/mol. The van der Waals surface area contributed by atoms with Crippen LogP contribution in [0.25, 0.3) is 0 Å². The van der Waals surface area contributed by atoms with Crippen LogP contribution in [-0.2, 0) is 14.4 Å². The highest BCUT2D eigenvalue weighted by Gasteiger charge is 2.22. The van der Waals surface area contributed by atoms with E-state index in [1.54, 1.807) is 6.92 Å². The summed E-state index contributed by atoms with van der Waals surface area (Å²) in [5.74, 6) is -1.27.